The number of nitrogens with one attached hydrogen (secondary N) is 1. The highest BCUT2D eigenvalue weighted by molar-refractivity contribution is 5.78. The molecular formula is C24H22FN3O2. The lowest BCUT2D eigenvalue weighted by Gasteiger charge is -2.19. The second-order valence-electron chi connectivity index (χ2n) is 6.98. The number of hydrogen-bond acceptors (Lipinski definition) is 3. The summed E-state index contributed by atoms with van der Waals surface area (Å²) in [5, 5.41) is 3.08. The molecule has 0 spiro atoms. The smallest absolute Gasteiger partial charge is 0.224 e. The highest BCUT2D eigenvalue weighted by Crippen LogP contribution is 2.25. The molecule has 0 aliphatic carbocycles. The topological polar surface area (TPSA) is 56.2 Å². The standard InChI is InChI=1S/C24H22FN3O2/c1-28-21-10-6-5-9-20(21)26-24(28)23(17-7-3-2-4-8-17)27-22(29)15-16-30-19-13-11-18(25)12-14-19/h2-14,23H,15-16H2,1H3,(H,27,29). The Morgan fingerprint density at radius 1 is 1.03 bits per heavy atom. The fourth-order valence-electron chi connectivity index (χ4n) is 3.39. The van der Waals surface area contributed by atoms with Gasteiger partial charge in [-0.25, -0.2) is 9.37 Å². The Balaban J connectivity index is 1.51. The molecule has 0 saturated carbocycles. The second-order valence-corrected chi connectivity index (χ2v) is 6.98. The summed E-state index contributed by atoms with van der Waals surface area (Å²) in [6.07, 6.45) is 0.171. The maximum atomic E-state index is 13.0. The molecule has 6 heteroatoms. The van der Waals surface area contributed by atoms with Crippen molar-refractivity contribution in [2.45, 2.75) is 12.5 Å². The van der Waals surface area contributed by atoms with Gasteiger partial charge in [0.2, 0.25) is 5.91 Å². The third kappa shape index (κ3) is 4.33. The molecule has 0 fully saturated rings. The number of amides is 1. The number of rotatable bonds is 7. The zero-order chi connectivity index (χ0) is 20.9. The van der Waals surface area contributed by atoms with E-state index in [1.54, 1.807) is 12.1 Å². The molecule has 0 saturated heterocycles. The molecule has 0 radical (unpaired) electrons. The van der Waals surface area contributed by atoms with Gasteiger partial charge in [-0.2, -0.15) is 0 Å². The number of halogens is 1. The van der Waals surface area contributed by atoms with Crippen molar-refractivity contribution in [3.63, 3.8) is 0 Å². The number of ether oxygens (including phenoxy) is 1. The van der Waals surface area contributed by atoms with E-state index >= 15 is 0 Å². The molecule has 0 bridgehead atoms. The highest BCUT2D eigenvalue weighted by atomic mass is 19.1. The molecule has 30 heavy (non-hydrogen) atoms. The molecule has 1 N–H and O–H groups in total. The summed E-state index contributed by atoms with van der Waals surface area (Å²) < 4.78 is 20.5. The van der Waals surface area contributed by atoms with Crippen LogP contribution in [-0.2, 0) is 11.8 Å². The van der Waals surface area contributed by atoms with E-state index in [1.807, 2.05) is 66.2 Å². The van der Waals surface area contributed by atoms with Crippen molar-refractivity contribution in [3.8, 4) is 5.75 Å². The van der Waals surface area contributed by atoms with Crippen LogP contribution in [0.3, 0.4) is 0 Å². The number of hydrogen-bond donors (Lipinski definition) is 1. The van der Waals surface area contributed by atoms with Gasteiger partial charge in [-0.15, -0.1) is 0 Å². The van der Waals surface area contributed by atoms with Crippen LogP contribution in [0.2, 0.25) is 0 Å². The molecule has 1 amide bonds. The predicted octanol–water partition coefficient (Wildman–Crippen LogP) is 4.39. The Kier molecular flexibility index (Phi) is 5.75. The number of benzene rings is 3. The monoisotopic (exact) mass is 403 g/mol. The van der Waals surface area contributed by atoms with Gasteiger partial charge in [0.25, 0.3) is 0 Å². The third-order valence-electron chi connectivity index (χ3n) is 4.93. The van der Waals surface area contributed by atoms with Crippen molar-refractivity contribution in [1.29, 1.82) is 0 Å². The fraction of sp³-hybridized carbons (Fsp3) is 0.167. The van der Waals surface area contributed by atoms with Crippen LogP contribution in [0, 0.1) is 5.82 Å². The van der Waals surface area contributed by atoms with E-state index in [0.717, 1.165) is 22.4 Å². The minimum absolute atomic E-state index is 0.155. The summed E-state index contributed by atoms with van der Waals surface area (Å²) in [4.78, 5) is 17.4. The van der Waals surface area contributed by atoms with Crippen molar-refractivity contribution < 1.29 is 13.9 Å². The lowest BCUT2D eigenvalue weighted by molar-refractivity contribution is -0.122. The molecule has 1 aromatic heterocycles. The van der Waals surface area contributed by atoms with Crippen molar-refractivity contribution in [3.05, 3.63) is 96.1 Å². The van der Waals surface area contributed by atoms with E-state index in [-0.39, 0.29) is 30.8 Å². The number of aryl methyl sites for hydroxylation is 1. The Hall–Kier alpha value is -3.67. The van der Waals surface area contributed by atoms with Crippen molar-refractivity contribution >= 4 is 16.9 Å². The molecule has 152 valence electrons. The lowest BCUT2D eigenvalue weighted by atomic mass is 10.1. The van der Waals surface area contributed by atoms with Gasteiger partial charge in [0.05, 0.1) is 24.1 Å². The largest absolute Gasteiger partial charge is 0.493 e. The lowest BCUT2D eigenvalue weighted by Crippen LogP contribution is -2.32. The number of fused-ring (bicyclic) bond motifs is 1. The van der Waals surface area contributed by atoms with Crippen LogP contribution in [0.15, 0.2) is 78.9 Å². The Morgan fingerprint density at radius 2 is 1.73 bits per heavy atom. The summed E-state index contributed by atoms with van der Waals surface area (Å²) >= 11 is 0. The summed E-state index contributed by atoms with van der Waals surface area (Å²) in [6.45, 7) is 0.196. The summed E-state index contributed by atoms with van der Waals surface area (Å²) in [5.74, 6) is 0.806. The van der Waals surface area contributed by atoms with Crippen LogP contribution in [-0.4, -0.2) is 22.1 Å². The Bertz CT molecular complexity index is 1140. The predicted molar refractivity (Wildman–Crippen MR) is 114 cm³/mol. The van der Waals surface area contributed by atoms with E-state index in [9.17, 15) is 9.18 Å². The SMILES string of the molecule is Cn1c(C(NC(=O)CCOc2ccc(F)cc2)c2ccccc2)nc2ccccc21. The summed E-state index contributed by atoms with van der Waals surface area (Å²) in [7, 11) is 1.95. The van der Waals surface area contributed by atoms with Gasteiger partial charge in [0.15, 0.2) is 0 Å². The quantitative estimate of drug-likeness (QED) is 0.498. The first-order chi connectivity index (χ1) is 14.6. The molecule has 1 unspecified atom stereocenters. The zero-order valence-corrected chi connectivity index (χ0v) is 16.6. The van der Waals surface area contributed by atoms with Crippen LogP contribution in [0.4, 0.5) is 4.39 Å². The average Bonchev–Trinajstić information content (AvgIpc) is 3.10. The zero-order valence-electron chi connectivity index (χ0n) is 16.6. The van der Waals surface area contributed by atoms with E-state index < -0.39 is 0 Å². The van der Waals surface area contributed by atoms with Gasteiger partial charge >= 0.3 is 0 Å². The Labute approximate surface area is 174 Å². The molecule has 4 rings (SSSR count). The molecule has 1 heterocycles. The molecular weight excluding hydrogens is 381 g/mol. The molecule has 0 aliphatic heterocycles. The minimum Gasteiger partial charge on any atom is -0.493 e. The van der Waals surface area contributed by atoms with E-state index in [1.165, 1.54) is 12.1 Å². The van der Waals surface area contributed by atoms with Crippen LogP contribution in [0.1, 0.15) is 23.9 Å². The molecule has 1 atom stereocenters. The number of imidazole rings is 1. The summed E-state index contributed by atoms with van der Waals surface area (Å²) in [6, 6.07) is 23.0. The first kappa shape index (κ1) is 19.6. The van der Waals surface area contributed by atoms with Gasteiger partial charge in [-0.3, -0.25) is 4.79 Å². The minimum atomic E-state index is -0.387. The molecule has 5 nitrogen and oxygen atoms in total. The van der Waals surface area contributed by atoms with Crippen LogP contribution in [0.5, 0.6) is 5.75 Å². The first-order valence-electron chi connectivity index (χ1n) is 9.76. The van der Waals surface area contributed by atoms with Crippen LogP contribution < -0.4 is 10.1 Å². The van der Waals surface area contributed by atoms with E-state index in [2.05, 4.69) is 5.32 Å². The third-order valence-corrected chi connectivity index (χ3v) is 4.93. The molecule has 0 aliphatic rings. The fourth-order valence-corrected chi connectivity index (χ4v) is 3.39. The normalized spacial score (nSPS) is 11.9. The number of aromatic nitrogens is 2. The van der Waals surface area contributed by atoms with Gasteiger partial charge in [-0.05, 0) is 42.0 Å². The van der Waals surface area contributed by atoms with E-state index in [0.29, 0.717) is 5.75 Å². The number of carbonyl (C=O) groups excluding carboxylic acids is 1. The van der Waals surface area contributed by atoms with E-state index in [4.69, 9.17) is 9.72 Å². The Morgan fingerprint density at radius 3 is 2.47 bits per heavy atom. The molecule has 3 aromatic carbocycles. The van der Waals surface area contributed by atoms with Crippen molar-refractivity contribution in [1.82, 2.24) is 14.9 Å². The van der Waals surface area contributed by atoms with Gasteiger partial charge in [0, 0.05) is 7.05 Å². The van der Waals surface area contributed by atoms with Crippen LogP contribution >= 0.6 is 0 Å². The van der Waals surface area contributed by atoms with Crippen LogP contribution in [0.25, 0.3) is 11.0 Å². The number of para-hydroxylation sites is 2. The highest BCUT2D eigenvalue weighted by Gasteiger charge is 2.22. The first-order valence-corrected chi connectivity index (χ1v) is 9.76. The number of nitrogens with zero attached hydrogens (tertiary/aromatic N) is 2. The second kappa shape index (κ2) is 8.78. The van der Waals surface area contributed by atoms with Crippen molar-refractivity contribution in [2.24, 2.45) is 7.05 Å². The van der Waals surface area contributed by atoms with Gasteiger partial charge < -0.3 is 14.6 Å². The molecule has 4 aromatic rings. The maximum absolute atomic E-state index is 13.0. The number of carbonyl (C=O) groups is 1. The van der Waals surface area contributed by atoms with Gasteiger partial charge in [-0.1, -0.05) is 42.5 Å². The van der Waals surface area contributed by atoms with Crippen molar-refractivity contribution in [2.75, 3.05) is 6.61 Å². The maximum Gasteiger partial charge on any atom is 0.224 e. The van der Waals surface area contributed by atoms with Gasteiger partial charge in [0.1, 0.15) is 23.4 Å². The summed E-state index contributed by atoms with van der Waals surface area (Å²) in [5.41, 5.74) is 2.83. The average molecular weight is 403 g/mol.